The van der Waals surface area contributed by atoms with Crippen molar-refractivity contribution in [3.63, 3.8) is 0 Å². The van der Waals surface area contributed by atoms with Gasteiger partial charge >= 0.3 is 0 Å². The van der Waals surface area contributed by atoms with Crippen LogP contribution >= 0.6 is 0 Å². The maximum Gasteiger partial charge on any atom is 0.0587 e. The summed E-state index contributed by atoms with van der Waals surface area (Å²) in [4.78, 5) is 2.72. The van der Waals surface area contributed by atoms with Gasteiger partial charge in [-0.05, 0) is 52.1 Å². The number of likely N-dealkylation sites (tertiary alicyclic amines) is 1. The summed E-state index contributed by atoms with van der Waals surface area (Å²) in [6.45, 7) is 4.76. The van der Waals surface area contributed by atoms with Gasteiger partial charge in [-0.3, -0.25) is 0 Å². The van der Waals surface area contributed by atoms with Gasteiger partial charge in [0.15, 0.2) is 0 Å². The van der Waals surface area contributed by atoms with Crippen LogP contribution in [0.5, 0.6) is 0 Å². The molecule has 0 amide bonds. The highest BCUT2D eigenvalue weighted by Crippen LogP contribution is 2.25. The molecule has 0 bridgehead atoms. The summed E-state index contributed by atoms with van der Waals surface area (Å²) >= 11 is 0. The molecule has 0 aromatic heterocycles. The van der Waals surface area contributed by atoms with Crippen LogP contribution in [0.4, 0.5) is 0 Å². The molecule has 2 fully saturated rings. The van der Waals surface area contributed by atoms with Gasteiger partial charge in [0, 0.05) is 18.1 Å². The molecule has 0 aromatic rings. The third kappa shape index (κ3) is 4.87. The van der Waals surface area contributed by atoms with E-state index >= 15 is 0 Å². The normalized spacial score (nSPS) is 25.3. The molecule has 0 unspecified atom stereocenters. The van der Waals surface area contributed by atoms with E-state index in [9.17, 15) is 5.11 Å². The largest absolute Gasteiger partial charge is 0.395 e. The van der Waals surface area contributed by atoms with E-state index in [1.807, 2.05) is 6.92 Å². The molecule has 20 heavy (non-hydrogen) atoms. The summed E-state index contributed by atoms with van der Waals surface area (Å²) in [5, 5.41) is 13.1. The molecule has 3 heteroatoms. The monoisotopic (exact) mass is 280 g/mol. The van der Waals surface area contributed by atoms with Crippen LogP contribution in [0.15, 0.2) is 12.2 Å². The van der Waals surface area contributed by atoms with Gasteiger partial charge in [-0.25, -0.2) is 0 Å². The topological polar surface area (TPSA) is 35.5 Å². The number of hydrogen-bond donors (Lipinski definition) is 2. The van der Waals surface area contributed by atoms with Gasteiger partial charge in [-0.15, -0.1) is 0 Å². The maximum atomic E-state index is 9.43. The molecule has 1 saturated carbocycles. The second kappa shape index (κ2) is 8.81. The number of piperidine rings is 1. The summed E-state index contributed by atoms with van der Waals surface area (Å²) in [5.41, 5.74) is 0. The van der Waals surface area contributed by atoms with Crippen LogP contribution in [0.1, 0.15) is 58.3 Å². The number of nitrogens with zero attached hydrogens (tertiary/aromatic N) is 1. The Bertz CT molecular complexity index is 279. The van der Waals surface area contributed by atoms with E-state index in [1.54, 1.807) is 0 Å². The third-order valence-electron chi connectivity index (χ3n) is 4.97. The van der Waals surface area contributed by atoms with E-state index in [-0.39, 0.29) is 12.6 Å². The summed E-state index contributed by atoms with van der Waals surface area (Å²) < 4.78 is 0. The second-order valence-electron chi connectivity index (χ2n) is 6.45. The zero-order valence-electron chi connectivity index (χ0n) is 13.1. The van der Waals surface area contributed by atoms with Gasteiger partial charge in [0.1, 0.15) is 0 Å². The molecule has 116 valence electrons. The molecule has 1 aliphatic heterocycles. The van der Waals surface area contributed by atoms with E-state index in [4.69, 9.17) is 0 Å². The molecular weight excluding hydrogens is 248 g/mol. The van der Waals surface area contributed by atoms with Crippen molar-refractivity contribution in [3.8, 4) is 0 Å². The lowest BCUT2D eigenvalue weighted by Gasteiger charge is -2.40. The molecule has 0 spiro atoms. The summed E-state index contributed by atoms with van der Waals surface area (Å²) in [6.07, 6.45) is 14.8. The predicted octanol–water partition coefficient (Wildman–Crippen LogP) is 2.70. The number of aliphatic hydroxyl groups is 1. The van der Waals surface area contributed by atoms with Gasteiger partial charge in [-0.1, -0.05) is 31.4 Å². The van der Waals surface area contributed by atoms with E-state index in [2.05, 4.69) is 22.4 Å². The zero-order valence-corrected chi connectivity index (χ0v) is 13.1. The van der Waals surface area contributed by atoms with Crippen LogP contribution < -0.4 is 5.32 Å². The lowest BCUT2D eigenvalue weighted by Crippen LogP contribution is -2.50. The van der Waals surface area contributed by atoms with Crippen molar-refractivity contribution in [1.82, 2.24) is 10.2 Å². The van der Waals surface area contributed by atoms with Gasteiger partial charge in [-0.2, -0.15) is 0 Å². The Hall–Kier alpha value is -0.380. The Labute approximate surface area is 124 Å². The van der Waals surface area contributed by atoms with E-state index in [0.29, 0.717) is 6.04 Å². The standard InChI is InChI=1S/C17H32N2O/c1-2-3-7-16(14-20)18-15-10-12-19(13-11-15)17-8-5-4-6-9-17/h2-3,15-18,20H,4-14H2,1H3/b3-2+/t16-/m0/s1. The number of rotatable bonds is 6. The average Bonchev–Trinajstić information content (AvgIpc) is 2.53. The van der Waals surface area contributed by atoms with Crippen LogP contribution in [0, 0.1) is 0 Å². The molecule has 1 saturated heterocycles. The highest BCUT2D eigenvalue weighted by molar-refractivity contribution is 4.88. The van der Waals surface area contributed by atoms with Crippen molar-refractivity contribution in [2.45, 2.75) is 76.4 Å². The van der Waals surface area contributed by atoms with Crippen LogP contribution in [-0.4, -0.2) is 47.8 Å². The zero-order chi connectivity index (χ0) is 14.2. The molecular formula is C17H32N2O. The molecule has 1 aliphatic carbocycles. The van der Waals surface area contributed by atoms with Gasteiger partial charge < -0.3 is 15.3 Å². The van der Waals surface area contributed by atoms with E-state index in [0.717, 1.165) is 12.5 Å². The lowest BCUT2D eigenvalue weighted by atomic mass is 9.92. The summed E-state index contributed by atoms with van der Waals surface area (Å²) in [7, 11) is 0. The van der Waals surface area contributed by atoms with Crippen molar-refractivity contribution in [2.24, 2.45) is 0 Å². The summed E-state index contributed by atoms with van der Waals surface area (Å²) in [5.74, 6) is 0. The molecule has 2 aliphatic rings. The Kier molecular flexibility index (Phi) is 7.05. The minimum absolute atomic E-state index is 0.234. The molecule has 2 N–H and O–H groups in total. The molecule has 3 nitrogen and oxygen atoms in total. The molecule has 1 heterocycles. The first-order valence-electron chi connectivity index (χ1n) is 8.55. The Morgan fingerprint density at radius 1 is 1.15 bits per heavy atom. The van der Waals surface area contributed by atoms with Gasteiger partial charge in [0.05, 0.1) is 6.61 Å². The predicted molar refractivity (Wildman–Crippen MR) is 84.9 cm³/mol. The average molecular weight is 280 g/mol. The minimum atomic E-state index is 0.234. The fourth-order valence-corrected chi connectivity index (χ4v) is 3.71. The van der Waals surface area contributed by atoms with Crippen LogP contribution in [0.25, 0.3) is 0 Å². The maximum absolute atomic E-state index is 9.43. The number of hydrogen-bond acceptors (Lipinski definition) is 3. The second-order valence-corrected chi connectivity index (χ2v) is 6.45. The van der Waals surface area contributed by atoms with Gasteiger partial charge in [0.2, 0.25) is 0 Å². The van der Waals surface area contributed by atoms with Crippen molar-refractivity contribution in [2.75, 3.05) is 19.7 Å². The first-order chi connectivity index (χ1) is 9.83. The number of allylic oxidation sites excluding steroid dienone is 1. The Balaban J connectivity index is 1.70. The molecule has 0 aromatic carbocycles. The van der Waals surface area contributed by atoms with E-state index in [1.165, 1.54) is 58.0 Å². The third-order valence-corrected chi connectivity index (χ3v) is 4.97. The highest BCUT2D eigenvalue weighted by atomic mass is 16.3. The first-order valence-corrected chi connectivity index (χ1v) is 8.55. The SMILES string of the molecule is C/C=C/C[C@@H](CO)NC1CCN(C2CCCCC2)CC1. The molecule has 2 rings (SSSR count). The molecule has 0 radical (unpaired) electrons. The number of nitrogens with one attached hydrogen (secondary N) is 1. The Morgan fingerprint density at radius 2 is 1.85 bits per heavy atom. The van der Waals surface area contributed by atoms with E-state index < -0.39 is 0 Å². The molecule has 1 atom stereocenters. The quantitative estimate of drug-likeness (QED) is 0.734. The lowest BCUT2D eigenvalue weighted by molar-refractivity contribution is 0.109. The van der Waals surface area contributed by atoms with Gasteiger partial charge in [0.25, 0.3) is 0 Å². The van der Waals surface area contributed by atoms with Crippen molar-refractivity contribution < 1.29 is 5.11 Å². The fourth-order valence-electron chi connectivity index (χ4n) is 3.71. The van der Waals surface area contributed by atoms with Crippen molar-refractivity contribution in [3.05, 3.63) is 12.2 Å². The van der Waals surface area contributed by atoms with Crippen LogP contribution in [0.3, 0.4) is 0 Å². The number of aliphatic hydroxyl groups excluding tert-OH is 1. The highest BCUT2D eigenvalue weighted by Gasteiger charge is 2.26. The van der Waals surface area contributed by atoms with Crippen molar-refractivity contribution in [1.29, 1.82) is 0 Å². The van der Waals surface area contributed by atoms with Crippen molar-refractivity contribution >= 4 is 0 Å². The van der Waals surface area contributed by atoms with Crippen LogP contribution in [0.2, 0.25) is 0 Å². The van der Waals surface area contributed by atoms with Crippen LogP contribution in [-0.2, 0) is 0 Å². The summed E-state index contributed by atoms with van der Waals surface area (Å²) in [6, 6.07) is 1.69. The smallest absolute Gasteiger partial charge is 0.0587 e. The Morgan fingerprint density at radius 3 is 2.45 bits per heavy atom. The first kappa shape index (κ1) is 16.0. The minimum Gasteiger partial charge on any atom is -0.395 e. The fraction of sp³-hybridized carbons (Fsp3) is 0.882.